The van der Waals surface area contributed by atoms with Gasteiger partial charge in [0.15, 0.2) is 12.2 Å². The lowest BCUT2D eigenvalue weighted by Gasteiger charge is -2.21. The molecular formula is C76H148O17P2. The van der Waals surface area contributed by atoms with Crippen LogP contribution in [0.25, 0.3) is 0 Å². The first-order valence-corrected chi connectivity index (χ1v) is 42.2. The maximum Gasteiger partial charge on any atom is 0.472 e. The lowest BCUT2D eigenvalue weighted by Crippen LogP contribution is -2.30. The van der Waals surface area contributed by atoms with Crippen LogP contribution in [-0.2, 0) is 65.4 Å². The number of ether oxygens (including phenoxy) is 4. The van der Waals surface area contributed by atoms with Crippen molar-refractivity contribution in [3.05, 3.63) is 0 Å². The van der Waals surface area contributed by atoms with E-state index in [0.29, 0.717) is 25.7 Å². The van der Waals surface area contributed by atoms with Crippen LogP contribution in [-0.4, -0.2) is 96.7 Å². The molecule has 0 amide bonds. The van der Waals surface area contributed by atoms with Crippen molar-refractivity contribution in [2.75, 3.05) is 39.6 Å². The molecule has 3 unspecified atom stereocenters. The average Bonchev–Trinajstić information content (AvgIpc) is 1.61. The van der Waals surface area contributed by atoms with Gasteiger partial charge in [-0.25, -0.2) is 9.13 Å². The summed E-state index contributed by atoms with van der Waals surface area (Å²) < 4.78 is 68.5. The third-order valence-corrected chi connectivity index (χ3v) is 19.5. The fourth-order valence-electron chi connectivity index (χ4n) is 11.6. The Labute approximate surface area is 581 Å². The fourth-order valence-corrected chi connectivity index (χ4v) is 13.1. The van der Waals surface area contributed by atoms with Crippen molar-refractivity contribution < 1.29 is 80.2 Å². The largest absolute Gasteiger partial charge is 0.472 e. The van der Waals surface area contributed by atoms with Crippen LogP contribution in [0.2, 0.25) is 0 Å². The second kappa shape index (κ2) is 65.4. The summed E-state index contributed by atoms with van der Waals surface area (Å²) in [5.74, 6) is 0.885. The zero-order chi connectivity index (χ0) is 70.3. The Morgan fingerprint density at radius 3 is 0.653 bits per heavy atom. The highest BCUT2D eigenvalue weighted by molar-refractivity contribution is 7.47. The number of aliphatic hydroxyl groups excluding tert-OH is 1. The van der Waals surface area contributed by atoms with Crippen molar-refractivity contribution in [3.63, 3.8) is 0 Å². The smallest absolute Gasteiger partial charge is 0.462 e. The predicted molar refractivity (Wildman–Crippen MR) is 386 cm³/mol. The van der Waals surface area contributed by atoms with Gasteiger partial charge >= 0.3 is 39.5 Å². The van der Waals surface area contributed by atoms with E-state index < -0.39 is 97.5 Å². The van der Waals surface area contributed by atoms with Gasteiger partial charge in [-0.1, -0.05) is 331 Å². The first kappa shape index (κ1) is 93.1. The Balaban J connectivity index is 5.20. The van der Waals surface area contributed by atoms with Crippen LogP contribution in [0.3, 0.4) is 0 Å². The molecule has 0 saturated carbocycles. The molecule has 0 aromatic heterocycles. The van der Waals surface area contributed by atoms with Gasteiger partial charge in [-0.05, 0) is 49.4 Å². The van der Waals surface area contributed by atoms with Gasteiger partial charge in [-0.2, -0.15) is 0 Å². The zero-order valence-electron chi connectivity index (χ0n) is 62.3. The van der Waals surface area contributed by atoms with Gasteiger partial charge < -0.3 is 33.8 Å². The van der Waals surface area contributed by atoms with Crippen LogP contribution < -0.4 is 0 Å². The zero-order valence-corrected chi connectivity index (χ0v) is 64.1. The molecule has 19 heteroatoms. The van der Waals surface area contributed by atoms with Gasteiger partial charge in [0.05, 0.1) is 26.4 Å². The molecular weight excluding hydrogens is 1250 g/mol. The molecule has 0 rings (SSSR count). The molecule has 0 heterocycles. The van der Waals surface area contributed by atoms with Gasteiger partial charge in [0.25, 0.3) is 0 Å². The first-order chi connectivity index (χ1) is 45.6. The Kier molecular flexibility index (Phi) is 64.0. The van der Waals surface area contributed by atoms with Crippen molar-refractivity contribution in [2.45, 2.75) is 401 Å². The topological polar surface area (TPSA) is 237 Å². The molecule has 3 N–H and O–H groups in total. The van der Waals surface area contributed by atoms with Crippen LogP contribution in [0.5, 0.6) is 0 Å². The second-order valence-electron chi connectivity index (χ2n) is 29.3. The van der Waals surface area contributed by atoms with Gasteiger partial charge in [0, 0.05) is 25.7 Å². The van der Waals surface area contributed by atoms with Crippen molar-refractivity contribution in [1.29, 1.82) is 0 Å². The monoisotopic (exact) mass is 1400 g/mol. The maximum absolute atomic E-state index is 13.1. The number of hydrogen-bond donors (Lipinski definition) is 3. The number of rotatable bonds is 73. The highest BCUT2D eigenvalue weighted by atomic mass is 31.2. The highest BCUT2D eigenvalue weighted by Gasteiger charge is 2.30. The van der Waals surface area contributed by atoms with E-state index in [-0.39, 0.29) is 25.7 Å². The van der Waals surface area contributed by atoms with Crippen LogP contribution >= 0.6 is 15.6 Å². The van der Waals surface area contributed by atoms with Crippen molar-refractivity contribution in [3.8, 4) is 0 Å². The summed E-state index contributed by atoms with van der Waals surface area (Å²) in [4.78, 5) is 72.7. The number of carbonyl (C=O) groups excluding carboxylic acids is 4. The number of aliphatic hydroxyl groups is 1. The van der Waals surface area contributed by atoms with E-state index in [0.717, 1.165) is 114 Å². The number of unbranched alkanes of at least 4 members (excludes halogenated alkanes) is 39. The predicted octanol–water partition coefficient (Wildman–Crippen LogP) is 22.0. The van der Waals surface area contributed by atoms with Crippen molar-refractivity contribution in [2.24, 2.45) is 23.7 Å². The molecule has 0 fully saturated rings. The molecule has 0 aliphatic rings. The number of phosphoric acid groups is 2. The number of carbonyl (C=O) groups is 4. The summed E-state index contributed by atoms with van der Waals surface area (Å²) >= 11 is 0. The molecule has 564 valence electrons. The molecule has 95 heavy (non-hydrogen) atoms. The minimum Gasteiger partial charge on any atom is -0.462 e. The van der Waals surface area contributed by atoms with Gasteiger partial charge in [0.1, 0.15) is 19.3 Å². The van der Waals surface area contributed by atoms with E-state index >= 15 is 0 Å². The van der Waals surface area contributed by atoms with Crippen LogP contribution in [0.4, 0.5) is 0 Å². The lowest BCUT2D eigenvalue weighted by atomic mass is 10.0. The first-order valence-electron chi connectivity index (χ1n) is 39.2. The Morgan fingerprint density at radius 1 is 0.263 bits per heavy atom. The van der Waals surface area contributed by atoms with E-state index in [1.165, 1.54) is 186 Å². The van der Waals surface area contributed by atoms with Crippen molar-refractivity contribution >= 4 is 39.5 Å². The normalized spacial score (nSPS) is 14.1. The van der Waals surface area contributed by atoms with Gasteiger partial charge in [-0.15, -0.1) is 0 Å². The van der Waals surface area contributed by atoms with Crippen LogP contribution in [0.1, 0.15) is 383 Å². The van der Waals surface area contributed by atoms with E-state index in [2.05, 4.69) is 55.4 Å². The molecule has 0 aliphatic heterocycles. The summed E-state index contributed by atoms with van der Waals surface area (Å²) in [5.41, 5.74) is 0. The van der Waals surface area contributed by atoms with Crippen LogP contribution in [0.15, 0.2) is 0 Å². The summed E-state index contributed by atoms with van der Waals surface area (Å²) in [6, 6.07) is 0. The van der Waals surface area contributed by atoms with E-state index in [4.69, 9.17) is 37.0 Å². The Hall–Kier alpha value is -1.94. The molecule has 0 saturated heterocycles. The van der Waals surface area contributed by atoms with Gasteiger partial charge in [0.2, 0.25) is 0 Å². The summed E-state index contributed by atoms with van der Waals surface area (Å²) in [7, 11) is -9.91. The fraction of sp³-hybridized carbons (Fsp3) is 0.947. The minimum atomic E-state index is -4.96. The van der Waals surface area contributed by atoms with E-state index in [1.54, 1.807) is 0 Å². The minimum absolute atomic E-state index is 0.104. The van der Waals surface area contributed by atoms with E-state index in [9.17, 15) is 43.2 Å². The molecule has 0 radical (unpaired) electrons. The molecule has 0 spiro atoms. The second-order valence-corrected chi connectivity index (χ2v) is 32.2. The summed E-state index contributed by atoms with van der Waals surface area (Å²) in [5, 5.41) is 10.6. The number of hydrogen-bond acceptors (Lipinski definition) is 15. The third-order valence-electron chi connectivity index (χ3n) is 17.6. The molecule has 0 bridgehead atoms. The molecule has 5 atom stereocenters. The Morgan fingerprint density at radius 2 is 0.442 bits per heavy atom. The quantitative estimate of drug-likeness (QED) is 0.0222. The molecule has 0 aliphatic carbocycles. The SMILES string of the molecule is CC(C)CCCCCCCCCCCCCCCCCCCCC(=O)O[C@H](COC(=O)CCCCCCCCCCCC(C)C)COP(=O)(O)OCC(O)COP(=O)(O)OC[C@@H](COC(=O)CCCCCCCCCCC(C)C)OC(=O)CCCCCCCCCCC(C)C. The number of phosphoric ester groups is 2. The highest BCUT2D eigenvalue weighted by Crippen LogP contribution is 2.45. The standard InChI is InChI=1S/C76H148O17P2/c1-66(2)52-44-36-28-20-17-15-13-11-9-10-12-14-16-18-22-34-42-50-58-75(80)92-71(62-86-73(78)56-48-40-32-23-19-21-29-37-45-53-67(3)4)64-90-94(82,83)88-60-70(77)61-89-95(84,85)91-65-72(93-76(81)59-51-43-35-27-25-31-39-47-55-69(7)8)63-87-74(79)57-49-41-33-26-24-30-38-46-54-68(5)6/h66-72,77H,9-65H2,1-8H3,(H,82,83)(H,84,85)/t70?,71-,72-/m1/s1. The third kappa shape index (κ3) is 70.3. The molecule has 17 nitrogen and oxygen atoms in total. The number of esters is 4. The summed E-state index contributed by atoms with van der Waals surface area (Å²) in [6.07, 6.45) is 50.2. The van der Waals surface area contributed by atoms with E-state index in [1.807, 2.05) is 0 Å². The average molecular weight is 1400 g/mol. The van der Waals surface area contributed by atoms with Crippen LogP contribution in [0, 0.1) is 23.7 Å². The molecule has 0 aromatic rings. The lowest BCUT2D eigenvalue weighted by molar-refractivity contribution is -0.161. The summed E-state index contributed by atoms with van der Waals surface area (Å²) in [6.45, 7) is 14.1. The van der Waals surface area contributed by atoms with Gasteiger partial charge in [-0.3, -0.25) is 37.3 Å². The van der Waals surface area contributed by atoms with Crippen molar-refractivity contribution in [1.82, 2.24) is 0 Å². The maximum atomic E-state index is 13.1. The molecule has 0 aromatic carbocycles. The Bertz CT molecular complexity index is 1870.